The molecule has 1 saturated heterocycles. The molecule has 4 nitrogen and oxygen atoms in total. The molecule has 1 aromatic carbocycles. The quantitative estimate of drug-likeness (QED) is 0.833. The van der Waals surface area contributed by atoms with E-state index in [2.05, 4.69) is 17.2 Å². The van der Waals surface area contributed by atoms with E-state index in [1.165, 1.54) is 6.42 Å². The smallest absolute Gasteiger partial charge is 0.272 e. The third kappa shape index (κ3) is 4.00. The van der Waals surface area contributed by atoms with Crippen molar-refractivity contribution in [3.05, 3.63) is 52.3 Å². The fourth-order valence-electron chi connectivity index (χ4n) is 2.90. The van der Waals surface area contributed by atoms with Gasteiger partial charge in [-0.3, -0.25) is 9.78 Å². The van der Waals surface area contributed by atoms with E-state index in [0.717, 1.165) is 30.9 Å². The summed E-state index contributed by atoms with van der Waals surface area (Å²) >= 11 is 12.0. The maximum absolute atomic E-state index is 12.6. The molecule has 0 spiro atoms. The molecule has 0 bridgehead atoms. The van der Waals surface area contributed by atoms with Crippen LogP contribution in [0.3, 0.4) is 0 Å². The summed E-state index contributed by atoms with van der Waals surface area (Å²) in [6.07, 6.45) is 3.87. The first kappa shape index (κ1) is 17.1. The Morgan fingerprint density at radius 3 is 2.75 bits per heavy atom. The molecule has 1 atom stereocenters. The summed E-state index contributed by atoms with van der Waals surface area (Å²) in [6, 6.07) is 8.90. The van der Waals surface area contributed by atoms with Gasteiger partial charge >= 0.3 is 0 Å². The highest BCUT2D eigenvalue weighted by atomic mass is 35.5. The molecule has 1 aliphatic rings. The van der Waals surface area contributed by atoms with Crippen LogP contribution < -0.4 is 5.32 Å². The van der Waals surface area contributed by atoms with Crippen LogP contribution in [0, 0.1) is 5.92 Å². The third-order valence-corrected chi connectivity index (χ3v) is 4.87. The zero-order chi connectivity index (χ0) is 17.1. The van der Waals surface area contributed by atoms with Crippen molar-refractivity contribution in [2.45, 2.75) is 19.8 Å². The zero-order valence-corrected chi connectivity index (χ0v) is 14.9. The highest BCUT2D eigenvalue weighted by molar-refractivity contribution is 6.42. The molecule has 3 rings (SSSR count). The van der Waals surface area contributed by atoms with Crippen LogP contribution in [-0.4, -0.2) is 28.9 Å². The van der Waals surface area contributed by atoms with Gasteiger partial charge in [-0.1, -0.05) is 30.1 Å². The number of halogens is 2. The monoisotopic (exact) mass is 363 g/mol. The van der Waals surface area contributed by atoms with Gasteiger partial charge in [-0.15, -0.1) is 0 Å². The van der Waals surface area contributed by atoms with Crippen molar-refractivity contribution in [1.29, 1.82) is 0 Å². The van der Waals surface area contributed by atoms with Crippen molar-refractivity contribution in [2.24, 2.45) is 5.92 Å². The van der Waals surface area contributed by atoms with Gasteiger partial charge in [0.05, 0.1) is 10.0 Å². The second kappa shape index (κ2) is 7.41. The Kier molecular flexibility index (Phi) is 5.27. The lowest BCUT2D eigenvalue weighted by molar-refractivity contribution is 0.0677. The molecular formula is C18H19Cl2N3O. The number of piperidine rings is 1. The molecule has 0 saturated carbocycles. The molecule has 2 heterocycles. The number of nitrogens with zero attached hydrogens (tertiary/aromatic N) is 2. The van der Waals surface area contributed by atoms with E-state index in [9.17, 15) is 4.79 Å². The molecule has 1 unspecified atom stereocenters. The highest BCUT2D eigenvalue weighted by Gasteiger charge is 2.23. The molecule has 126 valence electrons. The van der Waals surface area contributed by atoms with Crippen molar-refractivity contribution in [1.82, 2.24) is 9.88 Å². The molecule has 6 heteroatoms. The van der Waals surface area contributed by atoms with Crippen LogP contribution in [0.25, 0.3) is 0 Å². The minimum Gasteiger partial charge on any atom is -0.355 e. The number of carbonyl (C=O) groups excluding carboxylic acids is 1. The molecule has 1 N–H and O–H groups in total. The minimum atomic E-state index is -0.0145. The minimum absolute atomic E-state index is 0.0145. The van der Waals surface area contributed by atoms with Gasteiger partial charge in [0.25, 0.3) is 5.91 Å². The van der Waals surface area contributed by atoms with Gasteiger partial charge in [-0.2, -0.15) is 0 Å². The van der Waals surface area contributed by atoms with Crippen LogP contribution in [0.1, 0.15) is 30.3 Å². The first-order valence-corrected chi connectivity index (χ1v) is 8.76. The zero-order valence-electron chi connectivity index (χ0n) is 13.4. The van der Waals surface area contributed by atoms with E-state index < -0.39 is 0 Å². The Bertz CT molecular complexity index is 751. The molecule has 1 amide bonds. The number of anilines is 2. The molecule has 1 fully saturated rings. The van der Waals surface area contributed by atoms with E-state index in [4.69, 9.17) is 23.2 Å². The summed E-state index contributed by atoms with van der Waals surface area (Å²) in [6.45, 7) is 3.77. The number of carbonyl (C=O) groups is 1. The summed E-state index contributed by atoms with van der Waals surface area (Å²) in [5.41, 5.74) is 2.05. The summed E-state index contributed by atoms with van der Waals surface area (Å²) in [5, 5.41) is 4.21. The number of benzene rings is 1. The molecule has 24 heavy (non-hydrogen) atoms. The Morgan fingerprint density at radius 2 is 2.00 bits per heavy atom. The Labute approximate surface area is 151 Å². The number of hydrogen-bond donors (Lipinski definition) is 1. The Balaban J connectivity index is 1.76. The van der Waals surface area contributed by atoms with E-state index in [-0.39, 0.29) is 5.91 Å². The lowest BCUT2D eigenvalue weighted by Gasteiger charge is -2.30. The van der Waals surface area contributed by atoms with Crippen LogP contribution in [0.4, 0.5) is 11.4 Å². The lowest BCUT2D eigenvalue weighted by atomic mass is 10.00. The average molecular weight is 364 g/mol. The van der Waals surface area contributed by atoms with E-state index in [1.54, 1.807) is 24.4 Å². The van der Waals surface area contributed by atoms with E-state index in [0.29, 0.717) is 21.7 Å². The van der Waals surface area contributed by atoms with Crippen molar-refractivity contribution in [3.8, 4) is 0 Å². The average Bonchev–Trinajstić information content (AvgIpc) is 2.58. The van der Waals surface area contributed by atoms with Gasteiger partial charge in [-0.05, 0) is 49.1 Å². The molecular weight excluding hydrogens is 345 g/mol. The fourth-order valence-corrected chi connectivity index (χ4v) is 3.20. The van der Waals surface area contributed by atoms with Gasteiger partial charge in [0.1, 0.15) is 5.69 Å². The van der Waals surface area contributed by atoms with Gasteiger partial charge < -0.3 is 10.2 Å². The molecule has 1 aliphatic heterocycles. The molecule has 0 aliphatic carbocycles. The van der Waals surface area contributed by atoms with Crippen molar-refractivity contribution >= 4 is 40.5 Å². The predicted octanol–water partition coefficient (Wildman–Crippen LogP) is 5.00. The van der Waals surface area contributed by atoms with Gasteiger partial charge in [0, 0.05) is 30.7 Å². The number of aromatic nitrogens is 1. The second-order valence-corrected chi connectivity index (χ2v) is 7.00. The Morgan fingerprint density at radius 1 is 1.21 bits per heavy atom. The number of hydrogen-bond acceptors (Lipinski definition) is 3. The Hall–Kier alpha value is -1.78. The predicted molar refractivity (Wildman–Crippen MR) is 98.3 cm³/mol. The largest absolute Gasteiger partial charge is 0.355 e. The summed E-state index contributed by atoms with van der Waals surface area (Å²) in [4.78, 5) is 18.8. The fraction of sp³-hybridized carbons (Fsp3) is 0.333. The van der Waals surface area contributed by atoms with Crippen molar-refractivity contribution < 1.29 is 4.79 Å². The number of pyridine rings is 1. The molecule has 0 radical (unpaired) electrons. The third-order valence-electron chi connectivity index (χ3n) is 4.13. The first-order chi connectivity index (χ1) is 11.5. The SMILES string of the molecule is CC1CCCN(C(=O)c2cc(Nc3ccc(Cl)c(Cl)c3)ccn2)C1. The van der Waals surface area contributed by atoms with E-state index >= 15 is 0 Å². The topological polar surface area (TPSA) is 45.2 Å². The highest BCUT2D eigenvalue weighted by Crippen LogP contribution is 2.27. The first-order valence-electron chi connectivity index (χ1n) is 8.00. The van der Waals surface area contributed by atoms with Gasteiger partial charge in [0.2, 0.25) is 0 Å². The number of nitrogens with one attached hydrogen (secondary N) is 1. The standard InChI is InChI=1S/C18H19Cl2N3O/c1-12-3-2-8-23(11-12)18(24)17-10-14(6-7-21-17)22-13-4-5-15(19)16(20)9-13/h4-7,9-10,12H,2-3,8,11H2,1H3,(H,21,22). The number of rotatable bonds is 3. The van der Waals surface area contributed by atoms with Gasteiger partial charge in [0.15, 0.2) is 0 Å². The van der Waals surface area contributed by atoms with E-state index in [1.807, 2.05) is 17.0 Å². The summed E-state index contributed by atoms with van der Waals surface area (Å²) in [7, 11) is 0. The second-order valence-electron chi connectivity index (χ2n) is 6.18. The van der Waals surface area contributed by atoms with Crippen LogP contribution in [-0.2, 0) is 0 Å². The van der Waals surface area contributed by atoms with Crippen LogP contribution in [0.5, 0.6) is 0 Å². The van der Waals surface area contributed by atoms with Crippen molar-refractivity contribution in [3.63, 3.8) is 0 Å². The molecule has 1 aromatic heterocycles. The van der Waals surface area contributed by atoms with Gasteiger partial charge in [-0.25, -0.2) is 0 Å². The summed E-state index contributed by atoms with van der Waals surface area (Å²) in [5.74, 6) is 0.527. The molecule has 2 aromatic rings. The summed E-state index contributed by atoms with van der Waals surface area (Å²) < 4.78 is 0. The number of likely N-dealkylation sites (tertiary alicyclic amines) is 1. The van der Waals surface area contributed by atoms with Crippen LogP contribution in [0.15, 0.2) is 36.5 Å². The maximum Gasteiger partial charge on any atom is 0.272 e. The lowest BCUT2D eigenvalue weighted by Crippen LogP contribution is -2.39. The number of amides is 1. The normalized spacial score (nSPS) is 17.6. The van der Waals surface area contributed by atoms with Crippen LogP contribution in [0.2, 0.25) is 10.0 Å². The van der Waals surface area contributed by atoms with Crippen LogP contribution >= 0.6 is 23.2 Å². The maximum atomic E-state index is 12.6. The van der Waals surface area contributed by atoms with Crippen molar-refractivity contribution in [2.75, 3.05) is 18.4 Å².